The summed E-state index contributed by atoms with van der Waals surface area (Å²) in [5.41, 5.74) is 5.19. The molecule has 2 aliphatic heterocycles. The number of nitrogens with one attached hydrogen (secondary N) is 1. The molecule has 2 aromatic carbocycles. The van der Waals surface area contributed by atoms with Crippen molar-refractivity contribution in [1.29, 1.82) is 0 Å². The monoisotopic (exact) mass is 415 g/mol. The number of pyridine rings is 1. The predicted molar refractivity (Wildman–Crippen MR) is 124 cm³/mol. The number of aromatic nitrogens is 1. The third kappa shape index (κ3) is 4.17. The number of nitrogens with zero attached hydrogens (tertiary/aromatic N) is 1. The Hall–Kier alpha value is -2.85. The molecule has 31 heavy (non-hydrogen) atoms. The van der Waals surface area contributed by atoms with E-state index in [1.165, 1.54) is 48.3 Å². The topological polar surface area (TPSA) is 35.7 Å². The van der Waals surface area contributed by atoms with Crippen LogP contribution < -0.4 is 15.2 Å². The number of methoxy groups -OCH3 is 1. The number of likely N-dealkylation sites (tertiary alicyclic amines) is 1. The SMILES string of the molecule is COc1ccc(-c2ccc(=O)n3c2[C@@H]2C[C@H](C3)C[NH+](CCCc3ccccc3)C2)cc1. The van der Waals surface area contributed by atoms with E-state index < -0.39 is 0 Å². The molecular weight excluding hydrogens is 384 g/mol. The first-order valence-electron chi connectivity index (χ1n) is 11.5. The molecule has 4 nitrogen and oxygen atoms in total. The van der Waals surface area contributed by atoms with Gasteiger partial charge in [-0.1, -0.05) is 42.5 Å². The Morgan fingerprint density at radius 3 is 2.58 bits per heavy atom. The summed E-state index contributed by atoms with van der Waals surface area (Å²) < 4.78 is 7.40. The van der Waals surface area contributed by atoms with Gasteiger partial charge >= 0.3 is 0 Å². The summed E-state index contributed by atoms with van der Waals surface area (Å²) in [4.78, 5) is 14.4. The molecule has 1 fully saturated rings. The maximum absolute atomic E-state index is 12.7. The van der Waals surface area contributed by atoms with Gasteiger partial charge in [0.15, 0.2) is 0 Å². The number of piperidine rings is 1. The molecule has 1 saturated heterocycles. The van der Waals surface area contributed by atoms with Crippen molar-refractivity contribution in [2.24, 2.45) is 5.92 Å². The molecule has 1 N–H and O–H groups in total. The Morgan fingerprint density at radius 1 is 1.00 bits per heavy atom. The van der Waals surface area contributed by atoms with Crippen LogP contribution in [0.15, 0.2) is 71.5 Å². The second-order valence-electron chi connectivity index (χ2n) is 9.11. The minimum absolute atomic E-state index is 0.148. The first-order valence-corrected chi connectivity index (χ1v) is 11.5. The van der Waals surface area contributed by atoms with Gasteiger partial charge in [-0.2, -0.15) is 0 Å². The minimum Gasteiger partial charge on any atom is -0.497 e. The molecule has 2 aliphatic rings. The van der Waals surface area contributed by atoms with Crippen LogP contribution in [-0.2, 0) is 13.0 Å². The number of fused-ring (bicyclic) bond motifs is 4. The molecule has 3 heterocycles. The first-order chi connectivity index (χ1) is 15.2. The van der Waals surface area contributed by atoms with Gasteiger partial charge in [0.05, 0.1) is 26.7 Å². The van der Waals surface area contributed by atoms with Gasteiger partial charge in [-0.3, -0.25) is 4.79 Å². The van der Waals surface area contributed by atoms with Crippen molar-refractivity contribution in [2.75, 3.05) is 26.7 Å². The molecule has 2 bridgehead atoms. The van der Waals surface area contributed by atoms with Crippen LogP contribution in [0.5, 0.6) is 5.75 Å². The lowest BCUT2D eigenvalue weighted by Crippen LogP contribution is -3.14. The maximum atomic E-state index is 12.7. The average Bonchev–Trinajstić information content (AvgIpc) is 2.80. The summed E-state index contributed by atoms with van der Waals surface area (Å²) in [6, 6.07) is 22.8. The quantitative estimate of drug-likeness (QED) is 0.671. The van der Waals surface area contributed by atoms with Gasteiger partial charge in [0.1, 0.15) is 5.75 Å². The highest BCUT2D eigenvalue weighted by molar-refractivity contribution is 5.67. The number of quaternary nitrogens is 1. The van der Waals surface area contributed by atoms with E-state index in [2.05, 4.69) is 47.0 Å². The van der Waals surface area contributed by atoms with Gasteiger partial charge in [-0.25, -0.2) is 0 Å². The zero-order valence-corrected chi connectivity index (χ0v) is 18.2. The minimum atomic E-state index is 0.148. The number of hydrogen-bond donors (Lipinski definition) is 1. The summed E-state index contributed by atoms with van der Waals surface area (Å²) in [6.45, 7) is 4.37. The van der Waals surface area contributed by atoms with E-state index in [4.69, 9.17) is 4.74 Å². The Kier molecular flexibility index (Phi) is 5.65. The fraction of sp³-hybridized carbons (Fsp3) is 0.370. The van der Waals surface area contributed by atoms with E-state index in [0.717, 1.165) is 25.3 Å². The average molecular weight is 416 g/mol. The summed E-state index contributed by atoms with van der Waals surface area (Å²) >= 11 is 0. The van der Waals surface area contributed by atoms with Crippen LogP contribution >= 0.6 is 0 Å². The van der Waals surface area contributed by atoms with Gasteiger partial charge in [0.25, 0.3) is 5.56 Å². The van der Waals surface area contributed by atoms with Crippen molar-refractivity contribution in [3.63, 3.8) is 0 Å². The van der Waals surface area contributed by atoms with E-state index >= 15 is 0 Å². The zero-order chi connectivity index (χ0) is 21.2. The first kappa shape index (κ1) is 20.1. The maximum Gasteiger partial charge on any atom is 0.250 e. The van der Waals surface area contributed by atoms with Crippen molar-refractivity contribution in [1.82, 2.24) is 4.57 Å². The molecule has 0 amide bonds. The highest BCUT2D eigenvalue weighted by atomic mass is 16.5. The highest BCUT2D eigenvalue weighted by Crippen LogP contribution is 2.37. The molecule has 0 saturated carbocycles. The molecular formula is C27H31N2O2+. The van der Waals surface area contributed by atoms with E-state index in [1.807, 2.05) is 18.2 Å². The standard InChI is InChI=1S/C27H30N2O2/c1-31-24-11-9-22(10-12-24)25-13-14-26(30)29-18-21-16-23(27(25)29)19-28(17-21)15-5-8-20-6-3-2-4-7-20/h2-4,6-7,9-14,21,23H,5,8,15-19H2,1H3/p+1/t21-,23+/m0/s1. The van der Waals surface area contributed by atoms with Gasteiger partial charge in [-0.05, 0) is 42.2 Å². The Balaban J connectivity index is 1.37. The molecule has 0 spiro atoms. The molecule has 4 heteroatoms. The fourth-order valence-corrected chi connectivity index (χ4v) is 5.64. The highest BCUT2D eigenvalue weighted by Gasteiger charge is 2.38. The largest absolute Gasteiger partial charge is 0.497 e. The molecule has 0 aliphatic carbocycles. The lowest BCUT2D eigenvalue weighted by atomic mass is 9.80. The number of benzene rings is 2. The van der Waals surface area contributed by atoms with Gasteiger partial charge < -0.3 is 14.2 Å². The van der Waals surface area contributed by atoms with Crippen LogP contribution in [0.25, 0.3) is 11.1 Å². The van der Waals surface area contributed by atoms with Crippen molar-refractivity contribution in [2.45, 2.75) is 31.7 Å². The summed E-state index contributed by atoms with van der Waals surface area (Å²) in [7, 11) is 1.69. The molecule has 3 aromatic rings. The van der Waals surface area contributed by atoms with Crippen molar-refractivity contribution in [3.05, 3.63) is 88.3 Å². The van der Waals surface area contributed by atoms with E-state index in [1.54, 1.807) is 18.1 Å². The van der Waals surface area contributed by atoms with Crippen LogP contribution in [0.4, 0.5) is 0 Å². The van der Waals surface area contributed by atoms with Crippen molar-refractivity contribution in [3.8, 4) is 16.9 Å². The van der Waals surface area contributed by atoms with Gasteiger partial charge in [0.2, 0.25) is 0 Å². The van der Waals surface area contributed by atoms with Crippen LogP contribution in [0.3, 0.4) is 0 Å². The fourth-order valence-electron chi connectivity index (χ4n) is 5.64. The van der Waals surface area contributed by atoms with E-state index in [0.29, 0.717) is 11.8 Å². The second-order valence-corrected chi connectivity index (χ2v) is 9.11. The van der Waals surface area contributed by atoms with Crippen molar-refractivity contribution < 1.29 is 9.64 Å². The third-order valence-electron chi connectivity index (χ3n) is 7.02. The molecule has 160 valence electrons. The normalized spacial score (nSPS) is 22.0. The summed E-state index contributed by atoms with van der Waals surface area (Å²) in [6.07, 6.45) is 3.56. The Labute approximate surface area is 184 Å². The Bertz CT molecular complexity index is 1090. The van der Waals surface area contributed by atoms with E-state index in [-0.39, 0.29) is 5.56 Å². The van der Waals surface area contributed by atoms with Crippen LogP contribution in [0.1, 0.15) is 30.0 Å². The lowest BCUT2D eigenvalue weighted by molar-refractivity contribution is -0.911. The number of rotatable bonds is 6. The summed E-state index contributed by atoms with van der Waals surface area (Å²) in [5, 5.41) is 0. The molecule has 0 radical (unpaired) electrons. The molecule has 1 unspecified atom stereocenters. The second kappa shape index (κ2) is 8.72. The van der Waals surface area contributed by atoms with Crippen LogP contribution in [0, 0.1) is 5.92 Å². The number of aryl methyl sites for hydroxylation is 1. The smallest absolute Gasteiger partial charge is 0.250 e. The van der Waals surface area contributed by atoms with E-state index in [9.17, 15) is 4.79 Å². The Morgan fingerprint density at radius 2 is 1.81 bits per heavy atom. The van der Waals surface area contributed by atoms with Crippen LogP contribution in [-0.4, -0.2) is 31.3 Å². The van der Waals surface area contributed by atoms with Crippen molar-refractivity contribution >= 4 is 0 Å². The molecule has 3 atom stereocenters. The lowest BCUT2D eigenvalue weighted by Gasteiger charge is -2.41. The third-order valence-corrected chi connectivity index (χ3v) is 7.02. The predicted octanol–water partition coefficient (Wildman–Crippen LogP) is 3.16. The molecule has 5 rings (SSSR count). The number of ether oxygens (including phenoxy) is 1. The van der Waals surface area contributed by atoms with Crippen LogP contribution in [0.2, 0.25) is 0 Å². The zero-order valence-electron chi connectivity index (χ0n) is 18.2. The molecule has 1 aromatic heterocycles. The van der Waals surface area contributed by atoms with Gasteiger partial charge in [0, 0.05) is 42.1 Å². The summed E-state index contributed by atoms with van der Waals surface area (Å²) in [5.74, 6) is 1.91. The van der Waals surface area contributed by atoms with Gasteiger partial charge in [-0.15, -0.1) is 0 Å². The number of hydrogen-bond acceptors (Lipinski definition) is 2.